The molecular weight excluding hydrogens is 771 g/mol. The van der Waals surface area contributed by atoms with Crippen LogP contribution in [-0.4, -0.2) is 50.1 Å². The van der Waals surface area contributed by atoms with Crippen LogP contribution in [0.3, 0.4) is 0 Å². The van der Waals surface area contributed by atoms with Gasteiger partial charge >= 0.3 is 0 Å². The smallest absolute Gasteiger partial charge is 0.241 e. The zero-order valence-electron chi connectivity index (χ0n) is 34.3. The number of hydrogen-bond acceptors (Lipinski definition) is 7. The molecule has 310 valence electrons. The van der Waals surface area contributed by atoms with Crippen molar-refractivity contribution in [3.63, 3.8) is 0 Å². The highest BCUT2D eigenvalue weighted by atomic mass is 32.2. The molecular formula is C50H53N3O6S. The zero-order chi connectivity index (χ0) is 42.1. The predicted octanol–water partition coefficient (Wildman–Crippen LogP) is 8.60. The number of nitrogens with one attached hydrogen (secondary N) is 2. The highest BCUT2D eigenvalue weighted by Gasteiger charge is 2.33. The molecule has 5 atom stereocenters. The van der Waals surface area contributed by atoms with Crippen LogP contribution in [0.15, 0.2) is 163 Å². The summed E-state index contributed by atoms with van der Waals surface area (Å²) in [5, 5.41) is 12.6. The molecule has 10 heteroatoms. The third kappa shape index (κ3) is 11.0. The Morgan fingerprint density at radius 3 is 2.08 bits per heavy atom. The van der Waals surface area contributed by atoms with Crippen LogP contribution in [0.2, 0.25) is 0 Å². The lowest BCUT2D eigenvalue weighted by atomic mass is 9.98. The van der Waals surface area contributed by atoms with E-state index in [1.807, 2.05) is 116 Å². The van der Waals surface area contributed by atoms with Crippen molar-refractivity contribution < 1.29 is 27.8 Å². The second-order valence-corrected chi connectivity index (χ2v) is 17.3. The summed E-state index contributed by atoms with van der Waals surface area (Å²) >= 11 is 0. The Bertz CT molecular complexity index is 2410. The van der Waals surface area contributed by atoms with E-state index in [0.717, 1.165) is 44.5 Å². The molecule has 0 saturated carbocycles. The van der Waals surface area contributed by atoms with Crippen LogP contribution >= 0.6 is 0 Å². The van der Waals surface area contributed by atoms with Gasteiger partial charge in [-0.15, -0.1) is 0 Å². The first-order chi connectivity index (χ1) is 29.0. The van der Waals surface area contributed by atoms with E-state index in [-0.39, 0.29) is 42.7 Å². The molecule has 7 rings (SSSR count). The van der Waals surface area contributed by atoms with Gasteiger partial charge in [0, 0.05) is 31.1 Å². The highest BCUT2D eigenvalue weighted by molar-refractivity contribution is 7.89. The Balaban J connectivity index is 1.04. The molecule has 0 bridgehead atoms. The lowest BCUT2D eigenvalue weighted by Crippen LogP contribution is -2.47. The Labute approximate surface area is 354 Å². The normalized spacial score (nSPS) is 17.9. The second-order valence-electron chi connectivity index (χ2n) is 15.6. The summed E-state index contributed by atoms with van der Waals surface area (Å²) in [6, 6.07) is 49.6. The van der Waals surface area contributed by atoms with Crippen LogP contribution < -0.4 is 10.0 Å². The van der Waals surface area contributed by atoms with Crippen molar-refractivity contribution in [1.29, 1.82) is 0 Å². The Morgan fingerprint density at radius 2 is 1.40 bits per heavy atom. The van der Waals surface area contributed by atoms with E-state index in [0.29, 0.717) is 13.0 Å². The number of rotatable bonds is 16. The highest BCUT2D eigenvalue weighted by Crippen LogP contribution is 2.39. The molecule has 6 aromatic carbocycles. The third-order valence-corrected chi connectivity index (χ3v) is 12.7. The first-order valence-corrected chi connectivity index (χ1v) is 21.9. The van der Waals surface area contributed by atoms with E-state index >= 15 is 0 Å². The van der Waals surface area contributed by atoms with Crippen LogP contribution in [0.4, 0.5) is 0 Å². The van der Waals surface area contributed by atoms with Crippen molar-refractivity contribution in [1.82, 2.24) is 14.9 Å². The molecule has 1 heterocycles. The van der Waals surface area contributed by atoms with Gasteiger partial charge < -0.3 is 19.9 Å². The number of likely N-dealkylation sites (N-methyl/N-ethyl adjacent to an activating group) is 1. The van der Waals surface area contributed by atoms with E-state index < -0.39 is 28.3 Å². The van der Waals surface area contributed by atoms with Gasteiger partial charge in [-0.2, -0.15) is 4.72 Å². The molecule has 6 aromatic rings. The second kappa shape index (κ2) is 19.7. The lowest BCUT2D eigenvalue weighted by molar-refractivity contribution is -0.253. The molecule has 1 aliphatic heterocycles. The largest absolute Gasteiger partial charge is 0.392 e. The van der Waals surface area contributed by atoms with Crippen molar-refractivity contribution in [2.75, 3.05) is 13.6 Å². The number of ether oxygens (including phenoxy) is 2. The first-order valence-electron chi connectivity index (χ1n) is 20.4. The van der Waals surface area contributed by atoms with Crippen LogP contribution in [0.5, 0.6) is 0 Å². The topological polar surface area (TPSA) is 117 Å². The third-order valence-electron chi connectivity index (χ3n) is 11.2. The SMILES string of the molecule is Cc1ccc(S(=O)(=O)N[C@H](Cc2ccccc2)C(=O)NCc2cccc(-c3ccc([C@H]4O[C@@H](CN(C)[C@@H](C)c5ccccc5)C[C@@H](c5ccc(CO)cc5)O4)cc3)c2)cc1. The fourth-order valence-corrected chi connectivity index (χ4v) is 8.71. The molecule has 0 unspecified atom stereocenters. The number of sulfonamides is 1. The van der Waals surface area contributed by atoms with Crippen LogP contribution in [-0.2, 0) is 43.9 Å². The van der Waals surface area contributed by atoms with Gasteiger partial charge in [0.15, 0.2) is 6.29 Å². The molecule has 0 spiro atoms. The standard InChI is InChI=1S/C50H53N3O6S/c1-35-17-27-46(28-18-35)60(56,57)52-47(30-37-11-6-4-7-12-37)49(55)51-32-39-13-10-16-44(29-39)41-23-25-43(26-24-41)50-58-45(33-53(3)36(2)40-14-8-5-9-15-40)31-48(59-50)42-21-19-38(34-54)20-22-42/h4-29,36,45,47-48,50,52,54H,30-34H2,1-3H3,(H,51,55)/t36-,45+,47+,48-,50-/m0/s1. The molecule has 0 aromatic heterocycles. The van der Waals surface area contributed by atoms with Crippen molar-refractivity contribution in [2.45, 2.75) is 75.3 Å². The summed E-state index contributed by atoms with van der Waals surface area (Å²) in [7, 11) is -1.83. The van der Waals surface area contributed by atoms with E-state index in [2.05, 4.69) is 53.2 Å². The monoisotopic (exact) mass is 823 g/mol. The van der Waals surface area contributed by atoms with Gasteiger partial charge in [-0.1, -0.05) is 145 Å². The predicted molar refractivity (Wildman–Crippen MR) is 235 cm³/mol. The van der Waals surface area contributed by atoms with Crippen LogP contribution in [0, 0.1) is 6.92 Å². The number of aliphatic hydroxyl groups excluding tert-OH is 1. The fourth-order valence-electron chi connectivity index (χ4n) is 7.51. The number of hydrogen-bond donors (Lipinski definition) is 3. The minimum absolute atomic E-state index is 0.0136. The maximum atomic E-state index is 13.7. The number of aliphatic hydroxyl groups is 1. The van der Waals surface area contributed by atoms with Gasteiger partial charge in [-0.3, -0.25) is 9.69 Å². The lowest BCUT2D eigenvalue weighted by Gasteiger charge is -2.39. The zero-order valence-corrected chi connectivity index (χ0v) is 35.1. The van der Waals surface area contributed by atoms with Crippen molar-refractivity contribution in [2.24, 2.45) is 0 Å². The number of benzene rings is 6. The fraction of sp³-hybridized carbons (Fsp3) is 0.260. The van der Waals surface area contributed by atoms with Crippen LogP contribution in [0.1, 0.15) is 70.7 Å². The van der Waals surface area contributed by atoms with E-state index in [1.54, 1.807) is 24.3 Å². The van der Waals surface area contributed by atoms with Crippen molar-refractivity contribution >= 4 is 15.9 Å². The Kier molecular flexibility index (Phi) is 14.0. The van der Waals surface area contributed by atoms with Gasteiger partial charge in [0.1, 0.15) is 6.04 Å². The summed E-state index contributed by atoms with van der Waals surface area (Å²) in [6.07, 6.45) is 0.000392. The maximum Gasteiger partial charge on any atom is 0.241 e. The van der Waals surface area contributed by atoms with Gasteiger partial charge in [0.2, 0.25) is 15.9 Å². The number of carbonyl (C=O) groups is 1. The average molecular weight is 824 g/mol. The summed E-state index contributed by atoms with van der Waals surface area (Å²) < 4.78 is 42.7. The van der Waals surface area contributed by atoms with E-state index in [1.165, 1.54) is 5.56 Å². The molecule has 1 amide bonds. The molecule has 9 nitrogen and oxygen atoms in total. The number of carbonyl (C=O) groups excluding carboxylic acids is 1. The molecule has 1 aliphatic rings. The molecule has 0 radical (unpaired) electrons. The van der Waals surface area contributed by atoms with Gasteiger partial charge in [0.05, 0.1) is 23.7 Å². The number of aryl methyl sites for hydroxylation is 1. The summed E-state index contributed by atoms with van der Waals surface area (Å²) in [5.74, 6) is -0.418. The van der Waals surface area contributed by atoms with Gasteiger partial charge in [-0.05, 0) is 84.5 Å². The van der Waals surface area contributed by atoms with Gasteiger partial charge in [-0.25, -0.2) is 8.42 Å². The minimum atomic E-state index is -3.96. The quantitative estimate of drug-likeness (QED) is 0.0896. The Morgan fingerprint density at radius 1 is 0.750 bits per heavy atom. The summed E-state index contributed by atoms with van der Waals surface area (Å²) in [6.45, 7) is 5.01. The van der Waals surface area contributed by atoms with Crippen molar-refractivity contribution in [3.8, 4) is 11.1 Å². The van der Waals surface area contributed by atoms with Crippen LogP contribution in [0.25, 0.3) is 11.1 Å². The summed E-state index contributed by atoms with van der Waals surface area (Å²) in [5.41, 5.74) is 8.65. The molecule has 1 fully saturated rings. The van der Waals surface area contributed by atoms with E-state index in [4.69, 9.17) is 9.47 Å². The molecule has 0 aliphatic carbocycles. The number of nitrogens with zero attached hydrogens (tertiary/aromatic N) is 1. The van der Waals surface area contributed by atoms with Gasteiger partial charge in [0.25, 0.3) is 0 Å². The molecule has 3 N–H and O–H groups in total. The maximum absolute atomic E-state index is 13.7. The van der Waals surface area contributed by atoms with E-state index in [9.17, 15) is 18.3 Å². The first kappa shape index (κ1) is 42.7. The Hall–Kier alpha value is -5.46. The minimum Gasteiger partial charge on any atom is -0.392 e. The average Bonchev–Trinajstić information content (AvgIpc) is 3.28. The summed E-state index contributed by atoms with van der Waals surface area (Å²) in [4.78, 5) is 16.1. The number of amides is 1. The molecule has 1 saturated heterocycles. The van der Waals surface area contributed by atoms with Crippen molar-refractivity contribution in [3.05, 3.63) is 197 Å². The molecule has 60 heavy (non-hydrogen) atoms.